The molecule has 2 aliphatic heterocycles. The summed E-state index contributed by atoms with van der Waals surface area (Å²) in [4.78, 5) is 5.16. The number of aromatic nitrogens is 2. The molecule has 5 rings (SSSR count). The zero-order chi connectivity index (χ0) is 18.8. The molecule has 28 heavy (non-hydrogen) atoms. The molecule has 0 aliphatic carbocycles. The van der Waals surface area contributed by atoms with Crippen molar-refractivity contribution in [1.82, 2.24) is 15.1 Å². The van der Waals surface area contributed by atoms with Crippen LogP contribution in [0.3, 0.4) is 0 Å². The molecule has 3 heterocycles. The molecule has 4 heteroatoms. The Balaban J connectivity index is 1.19. The van der Waals surface area contributed by atoms with E-state index in [2.05, 4.69) is 62.5 Å². The first kappa shape index (κ1) is 17.7. The summed E-state index contributed by atoms with van der Waals surface area (Å²) in [5, 5.41) is 8.41. The number of piperidine rings is 1. The number of H-pyrrole nitrogens is 1. The van der Waals surface area contributed by atoms with Gasteiger partial charge in [0, 0.05) is 37.3 Å². The minimum atomic E-state index is 0.752. The highest BCUT2D eigenvalue weighted by Gasteiger charge is 2.20. The molecule has 1 unspecified atom stereocenters. The Morgan fingerprint density at radius 2 is 1.75 bits per heavy atom. The van der Waals surface area contributed by atoms with Gasteiger partial charge in [-0.15, -0.1) is 0 Å². The molecule has 1 N–H and O–H groups in total. The molecule has 2 saturated heterocycles. The molecule has 0 saturated carbocycles. The van der Waals surface area contributed by atoms with Crippen LogP contribution in [0.15, 0.2) is 48.7 Å². The lowest BCUT2D eigenvalue weighted by molar-refractivity contribution is 0.167. The zero-order valence-corrected chi connectivity index (χ0v) is 16.6. The molecule has 4 nitrogen and oxygen atoms in total. The van der Waals surface area contributed by atoms with Crippen molar-refractivity contribution in [2.75, 3.05) is 31.1 Å². The van der Waals surface area contributed by atoms with Gasteiger partial charge in [0.2, 0.25) is 0 Å². The summed E-state index contributed by atoms with van der Waals surface area (Å²) in [6, 6.07) is 16.0. The van der Waals surface area contributed by atoms with Crippen LogP contribution in [-0.2, 0) is 13.0 Å². The number of anilines is 1. The quantitative estimate of drug-likeness (QED) is 0.708. The van der Waals surface area contributed by atoms with Crippen molar-refractivity contribution >= 4 is 16.6 Å². The largest absolute Gasteiger partial charge is 0.372 e. The second-order valence-corrected chi connectivity index (χ2v) is 8.60. The van der Waals surface area contributed by atoms with Gasteiger partial charge >= 0.3 is 0 Å². The summed E-state index contributed by atoms with van der Waals surface area (Å²) in [6.07, 6.45) is 8.43. The third-order valence-electron chi connectivity index (χ3n) is 6.45. The van der Waals surface area contributed by atoms with Crippen molar-refractivity contribution in [2.24, 2.45) is 5.92 Å². The number of rotatable bonds is 5. The smallest absolute Gasteiger partial charge is 0.0650 e. The highest BCUT2D eigenvalue weighted by atomic mass is 15.1. The van der Waals surface area contributed by atoms with Crippen LogP contribution in [0.4, 0.5) is 5.69 Å². The molecular weight excluding hydrogens is 344 g/mol. The van der Waals surface area contributed by atoms with E-state index >= 15 is 0 Å². The molecule has 0 bridgehead atoms. The van der Waals surface area contributed by atoms with Crippen molar-refractivity contribution in [3.05, 3.63) is 59.8 Å². The van der Waals surface area contributed by atoms with E-state index in [9.17, 15) is 0 Å². The lowest BCUT2D eigenvalue weighted by Gasteiger charge is -2.33. The van der Waals surface area contributed by atoms with E-state index in [4.69, 9.17) is 0 Å². The molecule has 1 aromatic heterocycles. The van der Waals surface area contributed by atoms with Gasteiger partial charge in [-0.3, -0.25) is 10.00 Å². The number of likely N-dealkylation sites (tertiary alicyclic amines) is 1. The second kappa shape index (κ2) is 7.96. The van der Waals surface area contributed by atoms with Crippen LogP contribution in [0.2, 0.25) is 0 Å². The molecule has 2 fully saturated rings. The number of aromatic amines is 1. The van der Waals surface area contributed by atoms with Crippen molar-refractivity contribution in [3.63, 3.8) is 0 Å². The molecule has 0 amide bonds. The lowest BCUT2D eigenvalue weighted by atomic mass is 9.90. The van der Waals surface area contributed by atoms with E-state index in [1.807, 2.05) is 6.20 Å². The van der Waals surface area contributed by atoms with Gasteiger partial charge < -0.3 is 4.90 Å². The maximum Gasteiger partial charge on any atom is 0.0650 e. The standard InChI is InChI=1S/C24H30N4/c1-2-13-28(12-1)23-8-5-19(6-9-23)17-27-11-3-4-21(18-27)14-20-7-10-24-22(15-20)16-25-26-24/h5-10,15-16,21H,1-4,11-14,17-18H2,(H,25,26). The number of hydrogen-bond donors (Lipinski definition) is 1. The van der Waals surface area contributed by atoms with Crippen LogP contribution in [0.1, 0.15) is 36.8 Å². The molecule has 3 aromatic rings. The van der Waals surface area contributed by atoms with E-state index < -0.39 is 0 Å². The van der Waals surface area contributed by atoms with Gasteiger partial charge in [-0.25, -0.2) is 0 Å². The Bertz CT molecular complexity index is 908. The Morgan fingerprint density at radius 3 is 2.61 bits per heavy atom. The fourth-order valence-corrected chi connectivity index (χ4v) is 4.96. The Labute approximate surface area is 167 Å². The number of nitrogens with one attached hydrogen (secondary N) is 1. The molecule has 2 aliphatic rings. The van der Waals surface area contributed by atoms with E-state index in [1.54, 1.807) is 0 Å². The number of hydrogen-bond acceptors (Lipinski definition) is 3. The average Bonchev–Trinajstić information content (AvgIpc) is 3.41. The van der Waals surface area contributed by atoms with Crippen LogP contribution in [0.25, 0.3) is 10.9 Å². The van der Waals surface area contributed by atoms with E-state index in [0.29, 0.717) is 0 Å². The van der Waals surface area contributed by atoms with Gasteiger partial charge in [0.15, 0.2) is 0 Å². The normalized spacial score (nSPS) is 20.9. The van der Waals surface area contributed by atoms with Gasteiger partial charge in [-0.05, 0) is 80.0 Å². The van der Waals surface area contributed by atoms with Gasteiger partial charge in [0.05, 0.1) is 11.7 Å². The maximum absolute atomic E-state index is 4.14. The predicted octanol–water partition coefficient (Wildman–Crippen LogP) is 4.62. The summed E-state index contributed by atoms with van der Waals surface area (Å²) in [5.41, 5.74) is 5.41. The van der Waals surface area contributed by atoms with Crippen LogP contribution < -0.4 is 4.90 Å². The first-order valence-corrected chi connectivity index (χ1v) is 10.8. The van der Waals surface area contributed by atoms with Gasteiger partial charge in [0.25, 0.3) is 0 Å². The summed E-state index contributed by atoms with van der Waals surface area (Å²) in [6.45, 7) is 5.95. The van der Waals surface area contributed by atoms with Crippen LogP contribution >= 0.6 is 0 Å². The first-order chi connectivity index (χ1) is 13.8. The Kier molecular flexibility index (Phi) is 5.05. The van der Waals surface area contributed by atoms with E-state index in [-0.39, 0.29) is 0 Å². The van der Waals surface area contributed by atoms with Crippen molar-refractivity contribution in [2.45, 2.75) is 38.6 Å². The first-order valence-electron chi connectivity index (χ1n) is 10.8. The summed E-state index contributed by atoms with van der Waals surface area (Å²) < 4.78 is 0. The topological polar surface area (TPSA) is 35.2 Å². The Hall–Kier alpha value is -2.33. The number of nitrogens with zero attached hydrogens (tertiary/aromatic N) is 3. The van der Waals surface area contributed by atoms with E-state index in [0.717, 1.165) is 18.0 Å². The number of fused-ring (bicyclic) bond motifs is 1. The van der Waals surface area contributed by atoms with Gasteiger partial charge in [-0.1, -0.05) is 18.2 Å². The van der Waals surface area contributed by atoms with Crippen molar-refractivity contribution in [1.29, 1.82) is 0 Å². The highest BCUT2D eigenvalue weighted by Crippen LogP contribution is 2.25. The minimum Gasteiger partial charge on any atom is -0.372 e. The summed E-state index contributed by atoms with van der Waals surface area (Å²) in [5.74, 6) is 0.752. The average molecular weight is 375 g/mol. The van der Waals surface area contributed by atoms with Gasteiger partial charge in [-0.2, -0.15) is 5.10 Å². The fraction of sp³-hybridized carbons (Fsp3) is 0.458. The highest BCUT2D eigenvalue weighted by molar-refractivity contribution is 5.78. The molecular formula is C24H30N4. The van der Waals surface area contributed by atoms with Crippen LogP contribution in [0, 0.1) is 5.92 Å². The van der Waals surface area contributed by atoms with Crippen molar-refractivity contribution in [3.8, 4) is 0 Å². The Morgan fingerprint density at radius 1 is 0.929 bits per heavy atom. The third kappa shape index (κ3) is 3.93. The lowest BCUT2D eigenvalue weighted by Crippen LogP contribution is -2.35. The molecule has 2 aromatic carbocycles. The zero-order valence-electron chi connectivity index (χ0n) is 16.6. The predicted molar refractivity (Wildman–Crippen MR) is 116 cm³/mol. The molecule has 0 radical (unpaired) electrons. The fourth-order valence-electron chi connectivity index (χ4n) is 4.96. The molecule has 0 spiro atoms. The van der Waals surface area contributed by atoms with Crippen molar-refractivity contribution < 1.29 is 0 Å². The summed E-state index contributed by atoms with van der Waals surface area (Å²) >= 11 is 0. The second-order valence-electron chi connectivity index (χ2n) is 8.60. The monoisotopic (exact) mass is 374 g/mol. The molecule has 1 atom stereocenters. The maximum atomic E-state index is 4.14. The van der Waals surface area contributed by atoms with E-state index in [1.165, 1.54) is 80.5 Å². The molecule has 146 valence electrons. The van der Waals surface area contributed by atoms with Crippen LogP contribution in [0.5, 0.6) is 0 Å². The number of benzene rings is 2. The van der Waals surface area contributed by atoms with Crippen LogP contribution in [-0.4, -0.2) is 41.3 Å². The summed E-state index contributed by atoms with van der Waals surface area (Å²) in [7, 11) is 0. The SMILES string of the molecule is c1cc2[nH]ncc2cc1CC1CCCN(Cc2ccc(N3CCCC3)cc2)C1. The third-order valence-corrected chi connectivity index (χ3v) is 6.45. The van der Waals surface area contributed by atoms with Gasteiger partial charge in [0.1, 0.15) is 0 Å². The minimum absolute atomic E-state index is 0.752.